The van der Waals surface area contributed by atoms with Crippen molar-refractivity contribution >= 4 is 46.7 Å². The lowest BCUT2D eigenvalue weighted by Crippen LogP contribution is -2.53. The number of rotatable bonds is 2. The average Bonchev–Trinajstić information content (AvgIpc) is 3.17. The number of nitrogens with one attached hydrogen (secondary N) is 1. The van der Waals surface area contributed by atoms with Crippen molar-refractivity contribution in [1.82, 2.24) is 19.7 Å². The van der Waals surface area contributed by atoms with E-state index in [9.17, 15) is 9.59 Å². The number of anilines is 2. The monoisotopic (exact) mass is 490 g/mol. The second-order valence-electron chi connectivity index (χ2n) is 7.81. The summed E-state index contributed by atoms with van der Waals surface area (Å²) in [7, 11) is 0. The lowest BCUT2D eigenvalue weighted by molar-refractivity contribution is -0.0418. The van der Waals surface area contributed by atoms with Crippen LogP contribution in [0, 0.1) is 5.82 Å². The lowest BCUT2D eigenvalue weighted by atomic mass is 9.83. The van der Waals surface area contributed by atoms with Gasteiger partial charge in [-0.25, -0.2) is 13.9 Å². The Balaban J connectivity index is 1.50. The molecular formula is C21H17Cl2FN6O3. The van der Waals surface area contributed by atoms with Crippen LogP contribution in [0.1, 0.15) is 28.8 Å². The highest BCUT2D eigenvalue weighted by Gasteiger charge is 2.48. The van der Waals surface area contributed by atoms with Crippen molar-refractivity contribution in [3.63, 3.8) is 0 Å². The van der Waals surface area contributed by atoms with E-state index in [1.165, 1.54) is 40.3 Å². The molecule has 0 aliphatic carbocycles. The third kappa shape index (κ3) is 3.46. The van der Waals surface area contributed by atoms with Gasteiger partial charge in [-0.15, -0.1) is 0 Å². The van der Waals surface area contributed by atoms with E-state index in [4.69, 9.17) is 33.7 Å². The molecule has 1 fully saturated rings. The molecule has 1 atom stereocenters. The zero-order chi connectivity index (χ0) is 23.3. The molecule has 33 heavy (non-hydrogen) atoms. The molecule has 0 unspecified atom stereocenters. The fourth-order valence-electron chi connectivity index (χ4n) is 4.37. The molecule has 2 aliphatic heterocycles. The molecule has 1 spiro atoms. The Morgan fingerprint density at radius 1 is 1.24 bits per heavy atom. The lowest BCUT2D eigenvalue weighted by Gasteiger charge is -2.45. The van der Waals surface area contributed by atoms with Crippen molar-refractivity contribution in [3.8, 4) is 5.69 Å². The van der Waals surface area contributed by atoms with Crippen LogP contribution in [0.4, 0.5) is 20.7 Å². The maximum absolute atomic E-state index is 15.1. The molecule has 5 rings (SSSR count). The summed E-state index contributed by atoms with van der Waals surface area (Å²) in [6, 6.07) is 4.50. The second-order valence-corrected chi connectivity index (χ2v) is 8.62. The van der Waals surface area contributed by atoms with Crippen LogP contribution in [-0.2, 0) is 10.3 Å². The topological polar surface area (TPSA) is 115 Å². The van der Waals surface area contributed by atoms with Crippen LogP contribution in [0.15, 0.2) is 36.8 Å². The molecular weight excluding hydrogens is 474 g/mol. The van der Waals surface area contributed by atoms with Crippen molar-refractivity contribution in [2.75, 3.05) is 24.1 Å². The fraction of sp³-hybridized carbons (Fsp3) is 0.238. The normalized spacial score (nSPS) is 19.7. The van der Waals surface area contributed by atoms with E-state index >= 15 is 4.39 Å². The van der Waals surface area contributed by atoms with E-state index in [1.807, 2.05) is 0 Å². The van der Waals surface area contributed by atoms with Crippen LogP contribution in [0.5, 0.6) is 0 Å². The molecule has 170 valence electrons. The molecule has 1 saturated heterocycles. The Labute approximate surface area is 197 Å². The van der Waals surface area contributed by atoms with Crippen LogP contribution >= 0.6 is 23.2 Å². The highest BCUT2D eigenvalue weighted by atomic mass is 35.5. The van der Waals surface area contributed by atoms with Crippen molar-refractivity contribution < 1.29 is 18.7 Å². The molecule has 9 nitrogen and oxygen atoms in total. The van der Waals surface area contributed by atoms with Gasteiger partial charge in [0.15, 0.2) is 11.4 Å². The van der Waals surface area contributed by atoms with Crippen molar-refractivity contribution in [2.24, 2.45) is 0 Å². The van der Waals surface area contributed by atoms with Crippen molar-refractivity contribution in [3.05, 3.63) is 63.8 Å². The molecule has 0 saturated carbocycles. The van der Waals surface area contributed by atoms with E-state index in [2.05, 4.69) is 15.4 Å². The zero-order valence-electron chi connectivity index (χ0n) is 17.0. The Hall–Kier alpha value is -3.37. The van der Waals surface area contributed by atoms with Crippen LogP contribution < -0.4 is 11.1 Å². The predicted molar refractivity (Wildman–Crippen MR) is 119 cm³/mol. The van der Waals surface area contributed by atoms with Gasteiger partial charge < -0.3 is 15.4 Å². The zero-order valence-corrected chi connectivity index (χ0v) is 18.5. The summed E-state index contributed by atoms with van der Waals surface area (Å²) in [4.78, 5) is 31.0. The summed E-state index contributed by atoms with van der Waals surface area (Å²) >= 11 is 12.2. The minimum atomic E-state index is -1.38. The summed E-state index contributed by atoms with van der Waals surface area (Å²) in [5.41, 5.74) is 5.85. The molecule has 3 aromatic rings. The molecule has 0 radical (unpaired) electrons. The first-order chi connectivity index (χ1) is 15.8. The van der Waals surface area contributed by atoms with Crippen LogP contribution in [0.3, 0.4) is 0 Å². The van der Waals surface area contributed by atoms with Gasteiger partial charge in [-0.2, -0.15) is 5.10 Å². The molecule has 2 aliphatic rings. The van der Waals surface area contributed by atoms with Crippen molar-refractivity contribution in [1.29, 1.82) is 0 Å². The number of nitrogens with two attached hydrogens (primary N) is 1. The molecule has 12 heteroatoms. The maximum Gasteiger partial charge on any atom is 0.412 e. The number of ether oxygens (including phenoxy) is 1. The summed E-state index contributed by atoms with van der Waals surface area (Å²) in [6.45, 7) is 0.299. The number of carbonyl (C=O) groups is 2. The van der Waals surface area contributed by atoms with Crippen molar-refractivity contribution in [2.45, 2.75) is 18.4 Å². The number of aromatic nitrogens is 3. The Kier molecular flexibility index (Phi) is 5.13. The van der Waals surface area contributed by atoms with Gasteiger partial charge in [0.05, 0.1) is 39.7 Å². The van der Waals surface area contributed by atoms with Gasteiger partial charge in [0.25, 0.3) is 5.91 Å². The van der Waals surface area contributed by atoms with E-state index in [-0.39, 0.29) is 34.2 Å². The first kappa shape index (κ1) is 21.5. The number of hydrogen-bond donors (Lipinski definition) is 2. The number of nitrogens with zero attached hydrogens (tertiary/aromatic N) is 4. The Bertz CT molecular complexity index is 1300. The largest absolute Gasteiger partial charge is 0.436 e. The summed E-state index contributed by atoms with van der Waals surface area (Å²) in [5.74, 6) is -1.03. The second kappa shape index (κ2) is 7.89. The minimum absolute atomic E-state index is 0.0653. The first-order valence-corrected chi connectivity index (χ1v) is 10.8. The minimum Gasteiger partial charge on any atom is -0.436 e. The van der Waals surface area contributed by atoms with Gasteiger partial charge in [-0.1, -0.05) is 23.2 Å². The number of amides is 2. The first-order valence-electron chi connectivity index (χ1n) is 10.0. The van der Waals surface area contributed by atoms with Gasteiger partial charge in [0.1, 0.15) is 11.4 Å². The smallest absolute Gasteiger partial charge is 0.412 e. The number of halogens is 3. The molecule has 0 bridgehead atoms. The van der Waals surface area contributed by atoms with Crippen LogP contribution in [0.25, 0.3) is 5.69 Å². The standard InChI is InChI=1S/C21H17Cl2FN6O3/c22-12-2-3-14-16(17(12)24)21(33-20(32)28-14)5-1-7-29(10-21)19(31)11-8-27-30(18(11)25)15-4-6-26-9-13(15)23/h2-4,6,8-9H,1,5,7,10,25H2,(H,28,32)/t21-/m0/s1. The quantitative estimate of drug-likeness (QED) is 0.560. The molecule has 2 amide bonds. The Morgan fingerprint density at radius 2 is 2.06 bits per heavy atom. The van der Waals surface area contributed by atoms with Gasteiger partial charge in [0.2, 0.25) is 0 Å². The summed E-state index contributed by atoms with van der Waals surface area (Å²) in [6.07, 6.45) is 4.38. The summed E-state index contributed by atoms with van der Waals surface area (Å²) < 4.78 is 22.0. The summed E-state index contributed by atoms with van der Waals surface area (Å²) in [5, 5.41) is 6.91. The number of pyridine rings is 1. The predicted octanol–water partition coefficient (Wildman–Crippen LogP) is 3.99. The molecule has 4 heterocycles. The number of fused-ring (bicyclic) bond motifs is 2. The van der Waals surface area contributed by atoms with E-state index in [0.29, 0.717) is 30.1 Å². The van der Waals surface area contributed by atoms with E-state index in [1.54, 1.807) is 6.07 Å². The highest BCUT2D eigenvalue weighted by Crippen LogP contribution is 2.45. The number of piperidine rings is 1. The van der Waals surface area contributed by atoms with Crippen LogP contribution in [0.2, 0.25) is 10.0 Å². The van der Waals surface area contributed by atoms with E-state index < -0.39 is 23.4 Å². The molecule has 3 N–H and O–H groups in total. The van der Waals surface area contributed by atoms with Gasteiger partial charge >= 0.3 is 6.09 Å². The number of nitrogen functional groups attached to an aromatic ring is 1. The van der Waals surface area contributed by atoms with Gasteiger partial charge in [-0.3, -0.25) is 15.1 Å². The maximum atomic E-state index is 15.1. The van der Waals surface area contributed by atoms with Crippen LogP contribution in [-0.4, -0.2) is 44.8 Å². The third-order valence-corrected chi connectivity index (χ3v) is 6.42. The Morgan fingerprint density at radius 3 is 2.85 bits per heavy atom. The molecule has 1 aromatic carbocycles. The number of likely N-dealkylation sites (tertiary alicyclic amines) is 1. The number of hydrogen-bond acceptors (Lipinski definition) is 6. The average molecular weight is 491 g/mol. The van der Waals surface area contributed by atoms with E-state index in [0.717, 1.165) is 0 Å². The van der Waals surface area contributed by atoms with Gasteiger partial charge in [-0.05, 0) is 31.0 Å². The fourth-order valence-corrected chi connectivity index (χ4v) is 4.73. The number of benzene rings is 1. The number of carbonyl (C=O) groups excluding carboxylic acids is 2. The molecule has 2 aromatic heterocycles. The SMILES string of the molecule is Nc1c(C(=O)N2CCC[C@@]3(C2)OC(=O)Nc2ccc(Cl)c(F)c23)cnn1-c1ccncc1Cl. The highest BCUT2D eigenvalue weighted by molar-refractivity contribution is 6.32. The third-order valence-electron chi connectivity index (χ3n) is 5.83. The van der Waals surface area contributed by atoms with Gasteiger partial charge in [0, 0.05) is 18.9 Å².